The molecule has 8 heteroatoms. The number of rotatable bonds is 3. The summed E-state index contributed by atoms with van der Waals surface area (Å²) in [6.07, 6.45) is 0.456. The SMILES string of the molecule is Cc1ccc(-c2cc(C(=O)O)c3c(C)nn([C@@H]4CCS(=O)(=O)C4)c3n2)cc1. The lowest BCUT2D eigenvalue weighted by Crippen LogP contribution is -2.13. The minimum absolute atomic E-state index is 0.00205. The van der Waals surface area contributed by atoms with Gasteiger partial charge >= 0.3 is 5.97 Å². The first kappa shape index (κ1) is 17.7. The molecule has 1 aromatic carbocycles. The van der Waals surface area contributed by atoms with Gasteiger partial charge in [0.2, 0.25) is 0 Å². The predicted molar refractivity (Wildman–Crippen MR) is 102 cm³/mol. The Morgan fingerprint density at radius 3 is 2.52 bits per heavy atom. The second kappa shape index (κ2) is 6.16. The van der Waals surface area contributed by atoms with Crippen molar-refractivity contribution in [2.75, 3.05) is 11.5 Å². The van der Waals surface area contributed by atoms with Crippen molar-refractivity contribution >= 4 is 26.8 Å². The second-order valence-electron chi connectivity index (χ2n) is 7.01. The van der Waals surface area contributed by atoms with Crippen LogP contribution in [-0.4, -0.2) is 45.8 Å². The van der Waals surface area contributed by atoms with Gasteiger partial charge in [-0.05, 0) is 26.3 Å². The molecule has 140 valence electrons. The van der Waals surface area contributed by atoms with Crippen molar-refractivity contribution in [1.29, 1.82) is 0 Å². The van der Waals surface area contributed by atoms with E-state index in [2.05, 4.69) is 10.1 Å². The van der Waals surface area contributed by atoms with Crippen LogP contribution in [0.3, 0.4) is 0 Å². The number of carbonyl (C=O) groups is 1. The Balaban J connectivity index is 1.96. The first-order valence-corrected chi connectivity index (χ1v) is 10.5. The lowest BCUT2D eigenvalue weighted by Gasteiger charge is -2.11. The molecule has 1 N–H and O–H groups in total. The highest BCUT2D eigenvalue weighted by Crippen LogP contribution is 2.32. The van der Waals surface area contributed by atoms with Crippen LogP contribution in [0.4, 0.5) is 0 Å². The number of carboxylic acids is 1. The van der Waals surface area contributed by atoms with Crippen molar-refractivity contribution in [2.45, 2.75) is 26.3 Å². The Morgan fingerprint density at radius 1 is 1.22 bits per heavy atom. The van der Waals surface area contributed by atoms with Gasteiger partial charge in [0, 0.05) is 5.56 Å². The molecule has 1 atom stereocenters. The first-order chi connectivity index (χ1) is 12.7. The quantitative estimate of drug-likeness (QED) is 0.744. The van der Waals surface area contributed by atoms with Crippen LogP contribution in [0, 0.1) is 13.8 Å². The van der Waals surface area contributed by atoms with Crippen molar-refractivity contribution < 1.29 is 18.3 Å². The summed E-state index contributed by atoms with van der Waals surface area (Å²) in [5.74, 6) is -0.943. The van der Waals surface area contributed by atoms with Crippen LogP contribution in [-0.2, 0) is 9.84 Å². The third-order valence-electron chi connectivity index (χ3n) is 4.97. The zero-order valence-corrected chi connectivity index (χ0v) is 15.8. The highest BCUT2D eigenvalue weighted by molar-refractivity contribution is 7.91. The number of pyridine rings is 1. The van der Waals surface area contributed by atoms with Crippen LogP contribution in [0.15, 0.2) is 30.3 Å². The van der Waals surface area contributed by atoms with Gasteiger partial charge in [-0.2, -0.15) is 5.10 Å². The third kappa shape index (κ3) is 3.10. The monoisotopic (exact) mass is 385 g/mol. The molecule has 0 unspecified atom stereocenters. The van der Waals surface area contributed by atoms with Crippen molar-refractivity contribution in [1.82, 2.24) is 14.8 Å². The van der Waals surface area contributed by atoms with Gasteiger partial charge in [-0.15, -0.1) is 0 Å². The van der Waals surface area contributed by atoms with Gasteiger partial charge in [-0.1, -0.05) is 29.8 Å². The van der Waals surface area contributed by atoms with E-state index in [0.717, 1.165) is 11.1 Å². The standard InChI is InChI=1S/C19H19N3O4S/c1-11-3-5-13(6-4-11)16-9-15(19(23)24)17-12(2)21-22(18(17)20-16)14-7-8-27(25,26)10-14/h3-6,9,14H,7-8,10H2,1-2H3,(H,23,24)/t14-/m1/s1. The molecule has 0 saturated carbocycles. The number of sulfone groups is 1. The number of hydrogen-bond donors (Lipinski definition) is 1. The number of nitrogens with zero attached hydrogens (tertiary/aromatic N) is 3. The van der Waals surface area contributed by atoms with Crippen LogP contribution < -0.4 is 0 Å². The molecule has 0 aliphatic carbocycles. The van der Waals surface area contributed by atoms with E-state index < -0.39 is 15.8 Å². The van der Waals surface area contributed by atoms with Gasteiger partial charge in [0.25, 0.3) is 0 Å². The van der Waals surface area contributed by atoms with Gasteiger partial charge in [0.05, 0.1) is 39.9 Å². The minimum Gasteiger partial charge on any atom is -0.478 e. The number of aromatic nitrogens is 3. The third-order valence-corrected chi connectivity index (χ3v) is 6.72. The number of carboxylic acid groups (broad SMARTS) is 1. The predicted octanol–water partition coefficient (Wildman–Crippen LogP) is 2.77. The molecule has 3 heterocycles. The van der Waals surface area contributed by atoms with Crippen molar-refractivity contribution in [2.24, 2.45) is 0 Å². The van der Waals surface area contributed by atoms with E-state index in [4.69, 9.17) is 0 Å². The summed E-state index contributed by atoms with van der Waals surface area (Å²) in [7, 11) is -3.10. The molecule has 3 aromatic rings. The van der Waals surface area contributed by atoms with Crippen LogP contribution in [0.25, 0.3) is 22.3 Å². The molecule has 1 fully saturated rings. The number of benzene rings is 1. The van der Waals surface area contributed by atoms with Crippen LogP contribution in [0.2, 0.25) is 0 Å². The van der Waals surface area contributed by atoms with E-state index in [1.807, 2.05) is 31.2 Å². The van der Waals surface area contributed by atoms with Crippen molar-refractivity contribution in [3.63, 3.8) is 0 Å². The molecule has 0 amide bonds. The van der Waals surface area contributed by atoms with Crippen molar-refractivity contribution in [3.05, 3.63) is 47.2 Å². The van der Waals surface area contributed by atoms with Crippen LogP contribution >= 0.6 is 0 Å². The fourth-order valence-corrected chi connectivity index (χ4v) is 5.27. The van der Waals surface area contributed by atoms with E-state index >= 15 is 0 Å². The average Bonchev–Trinajstić information content (AvgIpc) is 3.14. The van der Waals surface area contributed by atoms with Gasteiger partial charge in [0.15, 0.2) is 15.5 Å². The number of fused-ring (bicyclic) bond motifs is 1. The molecule has 7 nitrogen and oxygen atoms in total. The molecule has 2 aromatic heterocycles. The molecule has 0 spiro atoms. The number of aryl methyl sites for hydroxylation is 2. The highest BCUT2D eigenvalue weighted by Gasteiger charge is 2.32. The first-order valence-electron chi connectivity index (χ1n) is 8.66. The van der Waals surface area contributed by atoms with Gasteiger partial charge in [-0.25, -0.2) is 22.9 Å². The van der Waals surface area contributed by atoms with Gasteiger partial charge in [-0.3, -0.25) is 0 Å². The maximum absolute atomic E-state index is 11.9. The topological polar surface area (TPSA) is 102 Å². The average molecular weight is 385 g/mol. The Bertz CT molecular complexity index is 1160. The second-order valence-corrected chi connectivity index (χ2v) is 9.24. The lowest BCUT2D eigenvalue weighted by atomic mass is 10.0. The fraction of sp³-hybridized carbons (Fsp3) is 0.316. The maximum atomic E-state index is 11.9. The summed E-state index contributed by atoms with van der Waals surface area (Å²) in [6.45, 7) is 3.70. The lowest BCUT2D eigenvalue weighted by molar-refractivity contribution is 0.0699. The summed E-state index contributed by atoms with van der Waals surface area (Å²) in [4.78, 5) is 16.6. The van der Waals surface area contributed by atoms with Gasteiger partial charge in [0.1, 0.15) is 0 Å². The largest absolute Gasteiger partial charge is 0.478 e. The normalized spacial score (nSPS) is 18.8. The van der Waals surface area contributed by atoms with E-state index in [-0.39, 0.29) is 23.1 Å². The molecule has 1 aliphatic rings. The summed E-state index contributed by atoms with van der Waals surface area (Å²) in [6, 6.07) is 8.89. The Kier molecular flexibility index (Phi) is 4.03. The number of aromatic carboxylic acids is 1. The summed E-state index contributed by atoms with van der Waals surface area (Å²) >= 11 is 0. The Hall–Kier alpha value is -2.74. The molecule has 4 rings (SSSR count). The highest BCUT2D eigenvalue weighted by atomic mass is 32.2. The van der Waals surface area contributed by atoms with E-state index in [1.54, 1.807) is 17.7 Å². The molecule has 0 radical (unpaired) electrons. The van der Waals surface area contributed by atoms with Crippen LogP contribution in [0.5, 0.6) is 0 Å². The zero-order valence-electron chi connectivity index (χ0n) is 15.0. The molecule has 1 aliphatic heterocycles. The summed E-state index contributed by atoms with van der Waals surface area (Å²) in [5, 5.41) is 14.6. The molecular formula is C19H19N3O4S. The maximum Gasteiger partial charge on any atom is 0.336 e. The van der Waals surface area contributed by atoms with E-state index in [0.29, 0.717) is 28.8 Å². The smallest absolute Gasteiger partial charge is 0.336 e. The van der Waals surface area contributed by atoms with Crippen molar-refractivity contribution in [3.8, 4) is 11.3 Å². The van der Waals surface area contributed by atoms with Gasteiger partial charge < -0.3 is 5.11 Å². The molecule has 1 saturated heterocycles. The molecule has 0 bridgehead atoms. The Morgan fingerprint density at radius 2 is 1.93 bits per heavy atom. The summed E-state index contributed by atoms with van der Waals surface area (Å²) in [5.41, 5.74) is 3.51. The minimum atomic E-state index is -3.10. The number of hydrogen-bond acceptors (Lipinski definition) is 5. The zero-order chi connectivity index (χ0) is 19.3. The van der Waals surface area contributed by atoms with E-state index in [9.17, 15) is 18.3 Å². The fourth-order valence-electron chi connectivity index (χ4n) is 3.58. The Labute approximate surface area is 156 Å². The van der Waals surface area contributed by atoms with E-state index in [1.165, 1.54) is 0 Å². The molecular weight excluding hydrogens is 366 g/mol. The van der Waals surface area contributed by atoms with Crippen LogP contribution in [0.1, 0.15) is 34.1 Å². The molecule has 27 heavy (non-hydrogen) atoms. The summed E-state index contributed by atoms with van der Waals surface area (Å²) < 4.78 is 25.4.